The molecule has 0 spiro atoms. The Hall–Kier alpha value is -0.420. The first kappa shape index (κ1) is 13.6. The molecule has 1 heterocycles. The number of aliphatic hydroxyl groups excluding tert-OH is 1. The molecular formula is C12H21NO2S. The fourth-order valence-electron chi connectivity index (χ4n) is 1.58. The minimum atomic E-state index is 0.168. The van der Waals surface area contributed by atoms with E-state index in [-0.39, 0.29) is 24.8 Å². The minimum Gasteiger partial charge on any atom is -0.396 e. The molecule has 0 saturated carbocycles. The Bertz CT molecular complexity index is 277. The Kier molecular flexibility index (Phi) is 5.98. The van der Waals surface area contributed by atoms with Gasteiger partial charge in [0.2, 0.25) is 0 Å². The number of thiophene rings is 1. The van der Waals surface area contributed by atoms with Crippen molar-refractivity contribution in [2.75, 3.05) is 13.7 Å². The van der Waals surface area contributed by atoms with Crippen molar-refractivity contribution in [3.8, 4) is 0 Å². The summed E-state index contributed by atoms with van der Waals surface area (Å²) in [5.74, 6) is 0. The second kappa shape index (κ2) is 7.01. The predicted molar refractivity (Wildman–Crippen MR) is 67.8 cm³/mol. The molecule has 0 aromatic carbocycles. The van der Waals surface area contributed by atoms with Crippen LogP contribution in [0.4, 0.5) is 0 Å². The van der Waals surface area contributed by atoms with E-state index < -0.39 is 0 Å². The van der Waals surface area contributed by atoms with Gasteiger partial charge in [0.25, 0.3) is 0 Å². The minimum absolute atomic E-state index is 0.168. The van der Waals surface area contributed by atoms with Crippen molar-refractivity contribution in [1.82, 2.24) is 5.32 Å². The van der Waals surface area contributed by atoms with Gasteiger partial charge in [-0.3, -0.25) is 0 Å². The van der Waals surface area contributed by atoms with Gasteiger partial charge in [0.1, 0.15) is 0 Å². The van der Waals surface area contributed by atoms with Crippen molar-refractivity contribution in [2.45, 2.75) is 38.5 Å². The standard InChI is InChI=1S/C12H21NO2S/c1-9(10(2)15-3)13-11(6-7-14)12-5-4-8-16-12/h4-5,8-11,13-14H,6-7H2,1-3H3. The lowest BCUT2D eigenvalue weighted by Crippen LogP contribution is -2.39. The Labute approximate surface area is 101 Å². The van der Waals surface area contributed by atoms with Crippen molar-refractivity contribution < 1.29 is 9.84 Å². The summed E-state index contributed by atoms with van der Waals surface area (Å²) in [4.78, 5) is 1.27. The van der Waals surface area contributed by atoms with Gasteiger partial charge >= 0.3 is 0 Å². The number of methoxy groups -OCH3 is 1. The van der Waals surface area contributed by atoms with Gasteiger partial charge in [-0.25, -0.2) is 0 Å². The lowest BCUT2D eigenvalue weighted by molar-refractivity contribution is 0.0827. The molecule has 3 nitrogen and oxygen atoms in total. The number of aliphatic hydroxyl groups is 1. The van der Waals surface area contributed by atoms with Crippen LogP contribution in [0.2, 0.25) is 0 Å². The highest BCUT2D eigenvalue weighted by atomic mass is 32.1. The van der Waals surface area contributed by atoms with Gasteiger partial charge in [-0.1, -0.05) is 6.07 Å². The van der Waals surface area contributed by atoms with Crippen LogP contribution in [0.15, 0.2) is 17.5 Å². The van der Waals surface area contributed by atoms with Crippen LogP contribution in [0.3, 0.4) is 0 Å². The largest absolute Gasteiger partial charge is 0.396 e. The fraction of sp³-hybridized carbons (Fsp3) is 0.667. The topological polar surface area (TPSA) is 41.5 Å². The maximum atomic E-state index is 9.08. The average molecular weight is 243 g/mol. The number of hydrogen-bond acceptors (Lipinski definition) is 4. The summed E-state index contributed by atoms with van der Waals surface area (Å²) < 4.78 is 5.29. The molecule has 0 bridgehead atoms. The zero-order valence-corrected chi connectivity index (χ0v) is 11.0. The molecule has 1 aromatic rings. The van der Waals surface area contributed by atoms with Gasteiger partial charge < -0.3 is 15.2 Å². The molecule has 0 amide bonds. The van der Waals surface area contributed by atoms with E-state index >= 15 is 0 Å². The van der Waals surface area contributed by atoms with Crippen molar-refractivity contribution in [3.63, 3.8) is 0 Å². The van der Waals surface area contributed by atoms with Crippen molar-refractivity contribution >= 4 is 11.3 Å². The molecule has 0 aliphatic rings. The van der Waals surface area contributed by atoms with Crippen LogP contribution in [-0.2, 0) is 4.74 Å². The Morgan fingerprint density at radius 3 is 2.75 bits per heavy atom. The molecule has 16 heavy (non-hydrogen) atoms. The smallest absolute Gasteiger partial charge is 0.0693 e. The molecule has 1 rings (SSSR count). The summed E-state index contributed by atoms with van der Waals surface area (Å²) >= 11 is 1.72. The number of ether oxygens (including phenoxy) is 1. The van der Waals surface area contributed by atoms with Crippen LogP contribution < -0.4 is 5.32 Å². The van der Waals surface area contributed by atoms with Crippen molar-refractivity contribution in [1.29, 1.82) is 0 Å². The molecule has 3 unspecified atom stereocenters. The molecule has 3 atom stereocenters. The third-order valence-corrected chi connectivity index (χ3v) is 3.83. The Balaban J connectivity index is 2.58. The summed E-state index contributed by atoms with van der Waals surface area (Å²) in [6.07, 6.45) is 0.905. The fourth-order valence-corrected chi connectivity index (χ4v) is 2.40. The van der Waals surface area contributed by atoms with Gasteiger partial charge in [-0.05, 0) is 31.7 Å². The zero-order valence-electron chi connectivity index (χ0n) is 10.1. The van der Waals surface area contributed by atoms with Gasteiger partial charge in [0, 0.05) is 30.7 Å². The molecule has 0 aliphatic heterocycles. The van der Waals surface area contributed by atoms with Crippen LogP contribution >= 0.6 is 11.3 Å². The van der Waals surface area contributed by atoms with Crippen LogP contribution in [0.5, 0.6) is 0 Å². The second-order valence-corrected chi connectivity index (χ2v) is 4.96. The van der Waals surface area contributed by atoms with E-state index in [9.17, 15) is 0 Å². The number of hydrogen-bond donors (Lipinski definition) is 2. The Morgan fingerprint density at radius 1 is 1.50 bits per heavy atom. The lowest BCUT2D eigenvalue weighted by atomic mass is 10.1. The van der Waals surface area contributed by atoms with E-state index in [4.69, 9.17) is 9.84 Å². The summed E-state index contributed by atoms with van der Waals surface area (Å²) in [7, 11) is 1.72. The van der Waals surface area contributed by atoms with Crippen LogP contribution in [0, 0.1) is 0 Å². The van der Waals surface area contributed by atoms with Crippen LogP contribution in [0.25, 0.3) is 0 Å². The summed E-state index contributed by atoms with van der Waals surface area (Å²) in [5, 5.41) is 14.6. The highest BCUT2D eigenvalue weighted by Gasteiger charge is 2.18. The zero-order chi connectivity index (χ0) is 12.0. The van der Waals surface area contributed by atoms with E-state index in [1.54, 1.807) is 18.4 Å². The summed E-state index contributed by atoms with van der Waals surface area (Å²) in [5.41, 5.74) is 0. The van der Waals surface area contributed by atoms with Crippen molar-refractivity contribution in [2.24, 2.45) is 0 Å². The quantitative estimate of drug-likeness (QED) is 0.771. The lowest BCUT2D eigenvalue weighted by Gasteiger charge is -2.25. The molecular weight excluding hydrogens is 222 g/mol. The van der Waals surface area contributed by atoms with E-state index in [0.717, 1.165) is 6.42 Å². The molecule has 0 fully saturated rings. The molecule has 0 radical (unpaired) electrons. The predicted octanol–water partition coefficient (Wildman–Crippen LogP) is 2.18. The second-order valence-electron chi connectivity index (χ2n) is 3.98. The van der Waals surface area contributed by atoms with E-state index in [2.05, 4.69) is 23.7 Å². The van der Waals surface area contributed by atoms with Gasteiger partial charge in [-0.15, -0.1) is 11.3 Å². The molecule has 2 N–H and O–H groups in total. The number of rotatable bonds is 7. The first-order chi connectivity index (χ1) is 7.69. The van der Waals surface area contributed by atoms with E-state index in [0.29, 0.717) is 0 Å². The SMILES string of the molecule is COC(C)C(C)NC(CCO)c1cccs1. The van der Waals surface area contributed by atoms with Crippen LogP contribution in [-0.4, -0.2) is 31.0 Å². The van der Waals surface area contributed by atoms with Gasteiger partial charge in [-0.2, -0.15) is 0 Å². The van der Waals surface area contributed by atoms with E-state index in [1.807, 2.05) is 13.0 Å². The highest BCUT2D eigenvalue weighted by Crippen LogP contribution is 2.22. The van der Waals surface area contributed by atoms with Crippen LogP contribution in [0.1, 0.15) is 31.2 Å². The maximum absolute atomic E-state index is 9.08. The third-order valence-electron chi connectivity index (χ3n) is 2.84. The first-order valence-electron chi connectivity index (χ1n) is 5.62. The average Bonchev–Trinajstić information content (AvgIpc) is 2.80. The van der Waals surface area contributed by atoms with E-state index in [1.165, 1.54) is 4.88 Å². The number of nitrogens with one attached hydrogen (secondary N) is 1. The monoisotopic (exact) mass is 243 g/mol. The molecule has 4 heteroatoms. The Morgan fingerprint density at radius 2 is 2.25 bits per heavy atom. The molecule has 92 valence electrons. The van der Waals surface area contributed by atoms with Crippen molar-refractivity contribution in [3.05, 3.63) is 22.4 Å². The molecule has 0 saturated heterocycles. The van der Waals surface area contributed by atoms with Gasteiger partial charge in [0.15, 0.2) is 0 Å². The molecule has 1 aromatic heterocycles. The first-order valence-corrected chi connectivity index (χ1v) is 6.50. The highest BCUT2D eigenvalue weighted by molar-refractivity contribution is 7.10. The summed E-state index contributed by atoms with van der Waals surface area (Å²) in [6.45, 7) is 4.35. The maximum Gasteiger partial charge on any atom is 0.0693 e. The third kappa shape index (κ3) is 3.87. The summed E-state index contributed by atoms with van der Waals surface area (Å²) in [6, 6.07) is 4.62. The molecule has 0 aliphatic carbocycles. The normalized spacial score (nSPS) is 17.0. The van der Waals surface area contributed by atoms with Gasteiger partial charge in [0.05, 0.1) is 6.10 Å².